The maximum Gasteiger partial charge on any atom is 0.175 e. The van der Waals surface area contributed by atoms with Gasteiger partial charge in [-0.25, -0.2) is 4.68 Å². The molecule has 0 amide bonds. The van der Waals surface area contributed by atoms with E-state index in [0.717, 1.165) is 5.69 Å². The molecule has 0 saturated heterocycles. The molecule has 2 aromatic heterocycles. The van der Waals surface area contributed by atoms with Gasteiger partial charge in [0.25, 0.3) is 0 Å². The third-order valence-corrected chi connectivity index (χ3v) is 2.03. The number of aryl methyl sites for hydroxylation is 1. The lowest BCUT2D eigenvalue weighted by atomic mass is 10.5. The second-order valence-electron chi connectivity index (χ2n) is 3.33. The summed E-state index contributed by atoms with van der Waals surface area (Å²) in [5.41, 5.74) is 0.935. The molecular formula is C10H13N5O. The summed E-state index contributed by atoms with van der Waals surface area (Å²) >= 11 is 0. The summed E-state index contributed by atoms with van der Waals surface area (Å²) in [6.07, 6.45) is 1.83. The molecule has 0 spiro atoms. The van der Waals surface area contributed by atoms with Crippen LogP contribution in [0.2, 0.25) is 0 Å². The van der Waals surface area contributed by atoms with Crippen molar-refractivity contribution in [3.05, 3.63) is 30.1 Å². The van der Waals surface area contributed by atoms with Crippen LogP contribution in [0.3, 0.4) is 0 Å². The quantitative estimate of drug-likeness (QED) is 0.777. The fraction of sp³-hybridized carbons (Fsp3) is 0.300. The number of nitrogens with one attached hydrogen (secondary N) is 1. The van der Waals surface area contributed by atoms with Gasteiger partial charge < -0.3 is 10.4 Å². The van der Waals surface area contributed by atoms with Crippen molar-refractivity contribution in [2.45, 2.75) is 6.92 Å². The van der Waals surface area contributed by atoms with Crippen LogP contribution in [0.15, 0.2) is 24.4 Å². The van der Waals surface area contributed by atoms with Gasteiger partial charge in [0.1, 0.15) is 5.82 Å². The second-order valence-corrected chi connectivity index (χ2v) is 3.33. The monoisotopic (exact) mass is 219 g/mol. The highest BCUT2D eigenvalue weighted by Crippen LogP contribution is 2.06. The topological polar surface area (TPSA) is 75.9 Å². The van der Waals surface area contributed by atoms with E-state index >= 15 is 0 Å². The fourth-order valence-electron chi connectivity index (χ4n) is 1.27. The predicted octanol–water partition coefficient (Wildman–Crippen LogP) is 0.375. The molecule has 2 rings (SSSR count). The molecule has 6 heteroatoms. The highest BCUT2D eigenvalue weighted by molar-refractivity contribution is 5.35. The van der Waals surface area contributed by atoms with Crippen LogP contribution in [0.1, 0.15) is 5.69 Å². The summed E-state index contributed by atoms with van der Waals surface area (Å²) in [7, 11) is 0. The second kappa shape index (κ2) is 4.71. The van der Waals surface area contributed by atoms with Crippen LogP contribution >= 0.6 is 0 Å². The van der Waals surface area contributed by atoms with Crippen molar-refractivity contribution in [3.63, 3.8) is 0 Å². The van der Waals surface area contributed by atoms with Gasteiger partial charge >= 0.3 is 0 Å². The molecule has 0 fully saturated rings. The van der Waals surface area contributed by atoms with Crippen molar-refractivity contribution in [1.29, 1.82) is 0 Å². The number of rotatable bonds is 4. The number of aromatic nitrogens is 4. The average Bonchev–Trinajstić information content (AvgIpc) is 2.74. The van der Waals surface area contributed by atoms with Crippen LogP contribution in [0.4, 0.5) is 5.82 Å². The maximum absolute atomic E-state index is 8.64. The molecule has 16 heavy (non-hydrogen) atoms. The summed E-state index contributed by atoms with van der Waals surface area (Å²) in [5, 5.41) is 23.8. The molecule has 0 aromatic carbocycles. The maximum atomic E-state index is 8.64. The highest BCUT2D eigenvalue weighted by atomic mass is 16.3. The first-order valence-electron chi connectivity index (χ1n) is 5.01. The Morgan fingerprint density at radius 3 is 2.75 bits per heavy atom. The zero-order valence-electron chi connectivity index (χ0n) is 8.96. The van der Waals surface area contributed by atoms with Crippen molar-refractivity contribution in [2.75, 3.05) is 18.5 Å². The number of nitrogens with zero attached hydrogens (tertiary/aromatic N) is 4. The molecule has 0 unspecified atom stereocenters. The van der Waals surface area contributed by atoms with E-state index in [4.69, 9.17) is 5.11 Å². The van der Waals surface area contributed by atoms with E-state index in [1.807, 2.05) is 25.3 Å². The summed E-state index contributed by atoms with van der Waals surface area (Å²) in [5.74, 6) is 1.31. The molecule has 0 atom stereocenters. The van der Waals surface area contributed by atoms with E-state index in [1.54, 1.807) is 10.7 Å². The molecule has 0 aliphatic heterocycles. The lowest BCUT2D eigenvalue weighted by molar-refractivity contribution is 0.311. The largest absolute Gasteiger partial charge is 0.395 e. The summed E-state index contributed by atoms with van der Waals surface area (Å²) in [4.78, 5) is 0. The Balaban J connectivity index is 2.13. The molecule has 2 heterocycles. The first-order chi connectivity index (χ1) is 7.79. The van der Waals surface area contributed by atoms with E-state index in [1.165, 1.54) is 0 Å². The first-order valence-corrected chi connectivity index (χ1v) is 5.01. The smallest absolute Gasteiger partial charge is 0.175 e. The van der Waals surface area contributed by atoms with Crippen LogP contribution in [0.25, 0.3) is 5.82 Å². The molecule has 0 bridgehead atoms. The number of hydrogen-bond acceptors (Lipinski definition) is 5. The Hall–Kier alpha value is -1.95. The summed E-state index contributed by atoms with van der Waals surface area (Å²) in [6.45, 7) is 2.46. The Labute approximate surface area is 92.9 Å². The van der Waals surface area contributed by atoms with Crippen LogP contribution in [-0.4, -0.2) is 38.2 Å². The van der Waals surface area contributed by atoms with Gasteiger partial charge in [0, 0.05) is 12.7 Å². The SMILES string of the molecule is Cc1ccn(-c2ccc(NCCO)nn2)n1. The van der Waals surface area contributed by atoms with Gasteiger partial charge in [0.2, 0.25) is 0 Å². The Bertz CT molecular complexity index is 450. The molecule has 2 aromatic rings. The van der Waals surface area contributed by atoms with Gasteiger partial charge in [0.05, 0.1) is 12.3 Å². The van der Waals surface area contributed by atoms with Gasteiger partial charge in [-0.2, -0.15) is 5.10 Å². The van der Waals surface area contributed by atoms with Crippen molar-refractivity contribution < 1.29 is 5.11 Å². The van der Waals surface area contributed by atoms with Crippen LogP contribution in [-0.2, 0) is 0 Å². The fourth-order valence-corrected chi connectivity index (χ4v) is 1.27. The van der Waals surface area contributed by atoms with Crippen molar-refractivity contribution in [3.8, 4) is 5.82 Å². The molecule has 0 radical (unpaired) electrons. The average molecular weight is 219 g/mol. The van der Waals surface area contributed by atoms with E-state index in [-0.39, 0.29) is 6.61 Å². The van der Waals surface area contributed by atoms with Crippen LogP contribution in [0, 0.1) is 6.92 Å². The molecule has 2 N–H and O–H groups in total. The Morgan fingerprint density at radius 1 is 1.31 bits per heavy atom. The lowest BCUT2D eigenvalue weighted by Gasteiger charge is -2.03. The highest BCUT2D eigenvalue weighted by Gasteiger charge is 2.00. The van der Waals surface area contributed by atoms with Gasteiger partial charge in [-0.1, -0.05) is 0 Å². The minimum absolute atomic E-state index is 0.0712. The van der Waals surface area contributed by atoms with E-state index in [2.05, 4.69) is 20.6 Å². The standard InChI is InChI=1S/C10H13N5O/c1-8-4-6-15(14-8)10-3-2-9(12-13-10)11-5-7-16/h2-4,6,16H,5,7H2,1H3,(H,11,12). The number of anilines is 1. The van der Waals surface area contributed by atoms with E-state index in [9.17, 15) is 0 Å². The molecular weight excluding hydrogens is 206 g/mol. The lowest BCUT2D eigenvalue weighted by Crippen LogP contribution is -2.08. The Morgan fingerprint density at radius 2 is 2.19 bits per heavy atom. The first kappa shape index (κ1) is 10.6. The van der Waals surface area contributed by atoms with Crippen LogP contribution < -0.4 is 5.32 Å². The van der Waals surface area contributed by atoms with Gasteiger partial charge in [-0.3, -0.25) is 0 Å². The zero-order chi connectivity index (χ0) is 11.4. The van der Waals surface area contributed by atoms with Crippen molar-refractivity contribution in [2.24, 2.45) is 0 Å². The third-order valence-electron chi connectivity index (χ3n) is 2.03. The van der Waals surface area contributed by atoms with Gasteiger partial charge in [-0.05, 0) is 25.1 Å². The molecule has 0 saturated carbocycles. The zero-order valence-corrected chi connectivity index (χ0v) is 8.96. The van der Waals surface area contributed by atoms with Crippen molar-refractivity contribution in [1.82, 2.24) is 20.0 Å². The van der Waals surface area contributed by atoms with Crippen molar-refractivity contribution >= 4 is 5.82 Å². The summed E-state index contributed by atoms with van der Waals surface area (Å²) in [6, 6.07) is 5.52. The normalized spacial score (nSPS) is 10.4. The van der Waals surface area contributed by atoms with Crippen LogP contribution in [0.5, 0.6) is 0 Å². The minimum Gasteiger partial charge on any atom is -0.395 e. The molecule has 0 aliphatic carbocycles. The molecule has 0 aliphatic rings. The molecule has 84 valence electrons. The number of aliphatic hydroxyl groups is 1. The minimum atomic E-state index is 0.0712. The molecule has 6 nitrogen and oxygen atoms in total. The Kier molecular flexibility index (Phi) is 3.11. The number of aliphatic hydroxyl groups excluding tert-OH is 1. The number of hydrogen-bond donors (Lipinski definition) is 2. The third kappa shape index (κ3) is 2.34. The van der Waals surface area contributed by atoms with Gasteiger partial charge in [0.15, 0.2) is 5.82 Å². The van der Waals surface area contributed by atoms with E-state index < -0.39 is 0 Å². The predicted molar refractivity (Wildman–Crippen MR) is 59.5 cm³/mol. The van der Waals surface area contributed by atoms with Gasteiger partial charge in [-0.15, -0.1) is 10.2 Å². The summed E-state index contributed by atoms with van der Waals surface area (Å²) < 4.78 is 1.66. The van der Waals surface area contributed by atoms with E-state index in [0.29, 0.717) is 18.2 Å².